The van der Waals surface area contributed by atoms with E-state index in [2.05, 4.69) is 25.4 Å². The van der Waals surface area contributed by atoms with Gasteiger partial charge in [0.05, 0.1) is 16.0 Å². The summed E-state index contributed by atoms with van der Waals surface area (Å²) in [5.74, 6) is -2.77. The van der Waals surface area contributed by atoms with Crippen LogP contribution in [0.4, 0.5) is 14.5 Å². The fourth-order valence-electron chi connectivity index (χ4n) is 1.17. The molecular weight excluding hydrogens is 367 g/mol. The summed E-state index contributed by atoms with van der Waals surface area (Å²) in [5.41, 5.74) is -0.812. The number of esters is 1. The Balaban J connectivity index is 3.20. The smallest absolute Gasteiger partial charge is 0.459 e. The number of benzene rings is 1. The summed E-state index contributed by atoms with van der Waals surface area (Å²) in [6.45, 7) is 1.04. The first-order chi connectivity index (χ1) is 9.19. The van der Waals surface area contributed by atoms with Crippen LogP contribution in [0.5, 0.6) is 5.75 Å². The van der Waals surface area contributed by atoms with E-state index in [9.17, 15) is 23.7 Å². The Kier molecular flexibility index (Phi) is 5.23. The van der Waals surface area contributed by atoms with Crippen LogP contribution in [0.15, 0.2) is 16.6 Å². The Morgan fingerprint density at radius 1 is 1.55 bits per heavy atom. The van der Waals surface area contributed by atoms with Crippen molar-refractivity contribution in [2.75, 3.05) is 6.61 Å². The molecule has 0 saturated heterocycles. The summed E-state index contributed by atoms with van der Waals surface area (Å²) in [6, 6.07) is 1.94. The highest BCUT2D eigenvalue weighted by Gasteiger charge is 2.46. The van der Waals surface area contributed by atoms with Crippen molar-refractivity contribution in [3.05, 3.63) is 31.7 Å². The number of rotatable bonds is 5. The summed E-state index contributed by atoms with van der Waals surface area (Å²) in [5, 5.41) is 10.7. The van der Waals surface area contributed by atoms with Crippen molar-refractivity contribution in [2.45, 2.75) is 13.0 Å². The number of alkyl halides is 2. The molecule has 0 aliphatic rings. The van der Waals surface area contributed by atoms with Crippen molar-refractivity contribution in [1.82, 2.24) is 0 Å². The molecule has 0 fully saturated rings. The maximum atomic E-state index is 13.4. The van der Waals surface area contributed by atoms with Crippen LogP contribution in [-0.2, 0) is 9.53 Å². The maximum Gasteiger partial charge on any atom is 0.502 e. The Bertz CT molecular complexity index is 555. The zero-order valence-electron chi connectivity index (χ0n) is 9.86. The van der Waals surface area contributed by atoms with Gasteiger partial charge in [-0.05, 0) is 28.9 Å². The summed E-state index contributed by atoms with van der Waals surface area (Å²) >= 11 is 8.39. The molecule has 0 bridgehead atoms. The number of hydrogen-bond donors (Lipinski definition) is 0. The van der Waals surface area contributed by atoms with Gasteiger partial charge in [0.25, 0.3) is 0 Å². The zero-order valence-corrected chi connectivity index (χ0v) is 12.2. The van der Waals surface area contributed by atoms with Crippen LogP contribution in [0.3, 0.4) is 0 Å². The number of halogens is 4. The molecule has 6 nitrogen and oxygen atoms in total. The molecule has 0 spiro atoms. The number of nitro groups is 1. The van der Waals surface area contributed by atoms with Gasteiger partial charge >= 0.3 is 17.8 Å². The van der Waals surface area contributed by atoms with Crippen molar-refractivity contribution < 1.29 is 28.0 Å². The number of nitrogens with zero attached hydrogens (tertiary/aromatic N) is 1. The Morgan fingerprint density at radius 3 is 2.65 bits per heavy atom. The third kappa shape index (κ3) is 3.76. The molecule has 20 heavy (non-hydrogen) atoms. The van der Waals surface area contributed by atoms with Crippen LogP contribution in [0.1, 0.15) is 6.92 Å². The average Bonchev–Trinajstić information content (AvgIpc) is 2.32. The lowest BCUT2D eigenvalue weighted by Crippen LogP contribution is -2.37. The predicted octanol–water partition coefficient (Wildman–Crippen LogP) is 3.55. The first-order valence-electron chi connectivity index (χ1n) is 5.06. The second-order valence-corrected chi connectivity index (χ2v) is 4.62. The maximum absolute atomic E-state index is 13.4. The van der Waals surface area contributed by atoms with E-state index in [1.54, 1.807) is 0 Å². The van der Waals surface area contributed by atoms with E-state index in [1.807, 2.05) is 0 Å². The highest BCUT2D eigenvalue weighted by atomic mass is 79.9. The van der Waals surface area contributed by atoms with E-state index in [4.69, 9.17) is 11.6 Å². The van der Waals surface area contributed by atoms with Gasteiger partial charge < -0.3 is 9.47 Å². The van der Waals surface area contributed by atoms with Gasteiger partial charge in [-0.1, -0.05) is 11.6 Å². The van der Waals surface area contributed by atoms with Crippen LogP contribution in [0.2, 0.25) is 5.02 Å². The molecule has 0 unspecified atom stereocenters. The van der Waals surface area contributed by atoms with E-state index in [1.165, 1.54) is 6.92 Å². The second kappa shape index (κ2) is 6.31. The Labute approximate surface area is 124 Å². The lowest BCUT2D eigenvalue weighted by atomic mass is 10.3. The SMILES string of the molecule is CCOC(=O)C(F)(F)Oc1c(Br)cc(Cl)cc1[N+](=O)[O-]. The van der Waals surface area contributed by atoms with E-state index in [0.717, 1.165) is 12.1 Å². The molecule has 1 aromatic rings. The minimum Gasteiger partial charge on any atom is -0.459 e. The van der Waals surface area contributed by atoms with Crippen molar-refractivity contribution in [3.63, 3.8) is 0 Å². The van der Waals surface area contributed by atoms with Crippen LogP contribution in [-0.4, -0.2) is 23.6 Å². The Hall–Kier alpha value is -1.48. The summed E-state index contributed by atoms with van der Waals surface area (Å²) in [7, 11) is 0. The van der Waals surface area contributed by atoms with Gasteiger partial charge in [-0.15, -0.1) is 0 Å². The number of carbonyl (C=O) groups excluding carboxylic acids is 1. The van der Waals surface area contributed by atoms with Crippen molar-refractivity contribution in [2.24, 2.45) is 0 Å². The van der Waals surface area contributed by atoms with Crippen LogP contribution in [0, 0.1) is 10.1 Å². The number of nitro benzene ring substituents is 1. The van der Waals surface area contributed by atoms with E-state index < -0.39 is 28.4 Å². The molecule has 0 amide bonds. The van der Waals surface area contributed by atoms with Gasteiger partial charge in [-0.25, -0.2) is 4.79 Å². The Morgan fingerprint density at radius 2 is 2.15 bits per heavy atom. The molecule has 0 radical (unpaired) electrons. The first-order valence-corrected chi connectivity index (χ1v) is 6.23. The molecule has 0 aliphatic carbocycles. The minimum atomic E-state index is -4.36. The fraction of sp³-hybridized carbons (Fsp3) is 0.300. The van der Waals surface area contributed by atoms with Crippen LogP contribution >= 0.6 is 27.5 Å². The normalized spacial score (nSPS) is 11.1. The first kappa shape index (κ1) is 16.6. The highest BCUT2D eigenvalue weighted by molar-refractivity contribution is 9.10. The molecule has 10 heteroatoms. The fourth-order valence-corrected chi connectivity index (χ4v) is 2.04. The zero-order chi connectivity index (χ0) is 15.5. The molecule has 0 atom stereocenters. The predicted molar refractivity (Wildman–Crippen MR) is 68.0 cm³/mol. The quantitative estimate of drug-likeness (QED) is 0.447. The van der Waals surface area contributed by atoms with E-state index in [0.29, 0.717) is 0 Å². The third-order valence-electron chi connectivity index (χ3n) is 1.93. The molecule has 1 aromatic carbocycles. The van der Waals surface area contributed by atoms with Gasteiger partial charge in [0.2, 0.25) is 5.75 Å². The van der Waals surface area contributed by atoms with Crippen molar-refractivity contribution in [1.29, 1.82) is 0 Å². The summed E-state index contributed by atoms with van der Waals surface area (Å²) in [4.78, 5) is 20.8. The molecular formula is C10H7BrClF2NO5. The molecule has 1 rings (SSSR count). The molecule has 0 aliphatic heterocycles. The topological polar surface area (TPSA) is 78.7 Å². The van der Waals surface area contributed by atoms with E-state index in [-0.39, 0.29) is 16.1 Å². The van der Waals surface area contributed by atoms with Crippen LogP contribution < -0.4 is 4.74 Å². The van der Waals surface area contributed by atoms with Gasteiger partial charge in [-0.3, -0.25) is 10.1 Å². The van der Waals surface area contributed by atoms with Crippen molar-refractivity contribution >= 4 is 39.2 Å². The molecule has 0 saturated carbocycles. The number of ether oxygens (including phenoxy) is 2. The molecule has 0 aromatic heterocycles. The molecule has 110 valence electrons. The van der Waals surface area contributed by atoms with Gasteiger partial charge in [-0.2, -0.15) is 8.78 Å². The summed E-state index contributed by atoms with van der Waals surface area (Å²) in [6.07, 6.45) is -4.36. The van der Waals surface area contributed by atoms with Crippen molar-refractivity contribution in [3.8, 4) is 5.75 Å². The van der Waals surface area contributed by atoms with Gasteiger partial charge in [0, 0.05) is 11.1 Å². The highest BCUT2D eigenvalue weighted by Crippen LogP contribution is 2.40. The lowest BCUT2D eigenvalue weighted by Gasteiger charge is -2.16. The average molecular weight is 375 g/mol. The van der Waals surface area contributed by atoms with E-state index >= 15 is 0 Å². The van der Waals surface area contributed by atoms with Crippen LogP contribution in [0.25, 0.3) is 0 Å². The summed E-state index contributed by atoms with van der Waals surface area (Å²) < 4.78 is 34.9. The minimum absolute atomic E-state index is 0.0598. The second-order valence-electron chi connectivity index (χ2n) is 3.33. The van der Waals surface area contributed by atoms with Gasteiger partial charge in [0.15, 0.2) is 0 Å². The largest absolute Gasteiger partial charge is 0.502 e. The van der Waals surface area contributed by atoms with Gasteiger partial charge in [0.1, 0.15) is 0 Å². The number of hydrogen-bond acceptors (Lipinski definition) is 5. The number of carbonyl (C=O) groups is 1. The standard InChI is InChI=1S/C10H7BrClF2NO5/c1-2-19-9(16)10(13,14)20-8-6(11)3-5(12)4-7(8)15(17)18/h3-4H,2H2,1H3. The lowest BCUT2D eigenvalue weighted by molar-refractivity contribution is -0.387. The monoisotopic (exact) mass is 373 g/mol. The molecule has 0 heterocycles. The molecule has 0 N–H and O–H groups in total. The third-order valence-corrected chi connectivity index (χ3v) is 2.74.